The van der Waals surface area contributed by atoms with Gasteiger partial charge in [0.05, 0.1) is 17.7 Å². The van der Waals surface area contributed by atoms with Crippen molar-refractivity contribution in [2.45, 2.75) is 9.92 Å². The van der Waals surface area contributed by atoms with Crippen molar-refractivity contribution in [2.75, 3.05) is 12.8 Å². The van der Waals surface area contributed by atoms with Crippen molar-refractivity contribution in [3.63, 3.8) is 0 Å². The van der Waals surface area contributed by atoms with Gasteiger partial charge in [-0.05, 0) is 24.3 Å². The summed E-state index contributed by atoms with van der Waals surface area (Å²) in [7, 11) is 1.63. The van der Waals surface area contributed by atoms with Crippen LogP contribution in [0.25, 0.3) is 0 Å². The van der Waals surface area contributed by atoms with Crippen LogP contribution >= 0.6 is 23.4 Å². The summed E-state index contributed by atoms with van der Waals surface area (Å²) in [6.45, 7) is 0. The van der Waals surface area contributed by atoms with Crippen LogP contribution in [0.1, 0.15) is 0 Å². The second-order valence-electron chi connectivity index (χ2n) is 3.28. The van der Waals surface area contributed by atoms with Crippen molar-refractivity contribution in [1.82, 2.24) is 4.98 Å². The van der Waals surface area contributed by atoms with E-state index in [-0.39, 0.29) is 0 Å². The van der Waals surface area contributed by atoms with Crippen LogP contribution in [0.15, 0.2) is 46.3 Å². The molecule has 2 rings (SSSR count). The lowest BCUT2D eigenvalue weighted by molar-refractivity contribution is 0.405. The van der Waals surface area contributed by atoms with Gasteiger partial charge in [-0.25, -0.2) is 4.98 Å². The maximum Gasteiger partial charge on any atom is 0.132 e. The number of para-hydroxylation sites is 1. The molecular weight excluding hydrogens is 256 g/mol. The quantitative estimate of drug-likeness (QED) is 0.864. The van der Waals surface area contributed by atoms with Crippen LogP contribution in [0.5, 0.6) is 5.75 Å². The standard InChI is InChI=1S/C12H11ClN2OS/c1-16-9-4-2-3-5-10(9)17-12-8(14)6-7-11(13)15-12/h2-7H,14H2,1H3. The zero-order valence-electron chi connectivity index (χ0n) is 9.18. The molecule has 0 bridgehead atoms. The molecule has 1 heterocycles. The fraction of sp³-hybridized carbons (Fsp3) is 0.0833. The van der Waals surface area contributed by atoms with E-state index in [4.69, 9.17) is 22.1 Å². The highest BCUT2D eigenvalue weighted by Gasteiger charge is 2.08. The Balaban J connectivity index is 2.34. The minimum absolute atomic E-state index is 0.427. The zero-order chi connectivity index (χ0) is 12.3. The number of pyridine rings is 1. The van der Waals surface area contributed by atoms with Gasteiger partial charge in [-0.1, -0.05) is 35.5 Å². The Morgan fingerprint density at radius 3 is 2.76 bits per heavy atom. The van der Waals surface area contributed by atoms with Crippen LogP contribution in [-0.2, 0) is 0 Å². The number of rotatable bonds is 3. The fourth-order valence-corrected chi connectivity index (χ4v) is 2.45. The van der Waals surface area contributed by atoms with E-state index in [1.54, 1.807) is 19.2 Å². The number of methoxy groups -OCH3 is 1. The summed E-state index contributed by atoms with van der Waals surface area (Å²) in [5.41, 5.74) is 6.45. The summed E-state index contributed by atoms with van der Waals surface area (Å²) < 4.78 is 5.27. The summed E-state index contributed by atoms with van der Waals surface area (Å²) >= 11 is 7.28. The van der Waals surface area contributed by atoms with Crippen molar-refractivity contribution in [3.05, 3.63) is 41.6 Å². The Bertz CT molecular complexity index is 534. The van der Waals surface area contributed by atoms with Gasteiger partial charge in [0, 0.05) is 0 Å². The van der Waals surface area contributed by atoms with Gasteiger partial charge in [0.15, 0.2) is 0 Å². The number of nitrogens with zero attached hydrogens (tertiary/aromatic N) is 1. The van der Waals surface area contributed by atoms with Crippen LogP contribution in [0.2, 0.25) is 5.15 Å². The molecule has 17 heavy (non-hydrogen) atoms. The lowest BCUT2D eigenvalue weighted by atomic mass is 10.3. The second kappa shape index (κ2) is 5.29. The molecule has 0 spiro atoms. The third-order valence-corrected chi connectivity index (χ3v) is 3.42. The number of halogens is 1. The average Bonchev–Trinajstić information content (AvgIpc) is 2.34. The molecule has 0 saturated heterocycles. The van der Waals surface area contributed by atoms with Crippen LogP contribution in [0.3, 0.4) is 0 Å². The molecule has 0 aliphatic rings. The van der Waals surface area contributed by atoms with E-state index in [0.717, 1.165) is 10.6 Å². The normalized spacial score (nSPS) is 10.2. The van der Waals surface area contributed by atoms with E-state index in [1.807, 2.05) is 24.3 Å². The molecule has 2 aromatic rings. The highest BCUT2D eigenvalue weighted by atomic mass is 35.5. The van der Waals surface area contributed by atoms with Crippen LogP contribution in [0.4, 0.5) is 5.69 Å². The Morgan fingerprint density at radius 1 is 1.24 bits per heavy atom. The van der Waals surface area contributed by atoms with E-state index in [0.29, 0.717) is 15.9 Å². The molecule has 0 aliphatic carbocycles. The maximum atomic E-state index is 5.85. The molecule has 0 unspecified atom stereocenters. The molecule has 88 valence electrons. The first-order valence-corrected chi connectivity index (χ1v) is 6.13. The minimum atomic E-state index is 0.427. The predicted molar refractivity (Wildman–Crippen MR) is 70.8 cm³/mol. The molecular formula is C12H11ClN2OS. The van der Waals surface area contributed by atoms with Crippen molar-refractivity contribution in [3.8, 4) is 5.75 Å². The fourth-order valence-electron chi connectivity index (χ4n) is 1.32. The topological polar surface area (TPSA) is 48.1 Å². The summed E-state index contributed by atoms with van der Waals surface area (Å²) in [6, 6.07) is 11.1. The Morgan fingerprint density at radius 2 is 2.00 bits per heavy atom. The smallest absolute Gasteiger partial charge is 0.132 e. The molecule has 0 atom stereocenters. The number of nitrogen functional groups attached to an aromatic ring is 1. The monoisotopic (exact) mass is 266 g/mol. The van der Waals surface area contributed by atoms with Gasteiger partial charge in [0.2, 0.25) is 0 Å². The third-order valence-electron chi connectivity index (χ3n) is 2.13. The predicted octanol–water partition coefficient (Wildman–Crippen LogP) is 3.48. The number of hydrogen-bond donors (Lipinski definition) is 1. The molecule has 0 aliphatic heterocycles. The number of anilines is 1. The second-order valence-corrected chi connectivity index (χ2v) is 4.70. The Labute approximate surface area is 109 Å². The molecule has 1 aromatic heterocycles. The van der Waals surface area contributed by atoms with Crippen molar-refractivity contribution in [1.29, 1.82) is 0 Å². The van der Waals surface area contributed by atoms with Gasteiger partial charge < -0.3 is 10.5 Å². The van der Waals surface area contributed by atoms with Crippen molar-refractivity contribution in [2.24, 2.45) is 0 Å². The minimum Gasteiger partial charge on any atom is -0.496 e. The largest absolute Gasteiger partial charge is 0.496 e. The lowest BCUT2D eigenvalue weighted by Gasteiger charge is -2.08. The molecule has 2 N–H and O–H groups in total. The molecule has 5 heteroatoms. The zero-order valence-corrected chi connectivity index (χ0v) is 10.8. The SMILES string of the molecule is COc1ccccc1Sc1nc(Cl)ccc1N. The number of hydrogen-bond acceptors (Lipinski definition) is 4. The van der Waals surface area contributed by atoms with E-state index in [9.17, 15) is 0 Å². The maximum absolute atomic E-state index is 5.85. The number of nitrogens with two attached hydrogens (primary N) is 1. The van der Waals surface area contributed by atoms with E-state index in [1.165, 1.54) is 11.8 Å². The highest BCUT2D eigenvalue weighted by Crippen LogP contribution is 2.36. The van der Waals surface area contributed by atoms with E-state index < -0.39 is 0 Å². The van der Waals surface area contributed by atoms with Crippen LogP contribution in [0, 0.1) is 0 Å². The first-order chi connectivity index (χ1) is 8.20. The summed E-state index contributed by atoms with van der Waals surface area (Å²) in [4.78, 5) is 5.15. The van der Waals surface area contributed by atoms with Gasteiger partial charge in [0.1, 0.15) is 15.9 Å². The average molecular weight is 267 g/mol. The molecule has 0 amide bonds. The third kappa shape index (κ3) is 2.84. The molecule has 3 nitrogen and oxygen atoms in total. The van der Waals surface area contributed by atoms with Gasteiger partial charge in [-0.2, -0.15) is 0 Å². The first kappa shape index (κ1) is 12.1. The number of benzene rings is 1. The van der Waals surface area contributed by atoms with Gasteiger partial charge in [-0.15, -0.1) is 0 Å². The van der Waals surface area contributed by atoms with Crippen LogP contribution < -0.4 is 10.5 Å². The molecule has 1 aromatic carbocycles. The summed E-state index contributed by atoms with van der Waals surface area (Å²) in [5, 5.41) is 1.11. The molecule has 0 fully saturated rings. The lowest BCUT2D eigenvalue weighted by Crippen LogP contribution is -1.92. The number of ether oxygens (including phenoxy) is 1. The highest BCUT2D eigenvalue weighted by molar-refractivity contribution is 7.99. The van der Waals surface area contributed by atoms with Gasteiger partial charge >= 0.3 is 0 Å². The summed E-state index contributed by atoms with van der Waals surface area (Å²) in [6.07, 6.45) is 0. The Kier molecular flexibility index (Phi) is 3.76. The van der Waals surface area contributed by atoms with Crippen molar-refractivity contribution >= 4 is 29.1 Å². The van der Waals surface area contributed by atoms with E-state index >= 15 is 0 Å². The molecule has 0 saturated carbocycles. The summed E-state index contributed by atoms with van der Waals surface area (Å²) in [5.74, 6) is 0.790. The van der Waals surface area contributed by atoms with Crippen molar-refractivity contribution < 1.29 is 4.74 Å². The van der Waals surface area contributed by atoms with Gasteiger partial charge in [0.25, 0.3) is 0 Å². The van der Waals surface area contributed by atoms with Crippen LogP contribution in [-0.4, -0.2) is 12.1 Å². The molecule has 0 radical (unpaired) electrons. The van der Waals surface area contributed by atoms with E-state index in [2.05, 4.69) is 4.98 Å². The first-order valence-electron chi connectivity index (χ1n) is 4.93. The Hall–Kier alpha value is -1.39. The number of aromatic nitrogens is 1. The van der Waals surface area contributed by atoms with Gasteiger partial charge in [-0.3, -0.25) is 0 Å².